The first kappa shape index (κ1) is 13.5. The van der Waals surface area contributed by atoms with Crippen molar-refractivity contribution in [2.75, 3.05) is 0 Å². The molecular weight excluding hydrogens is 220 g/mol. The maximum absolute atomic E-state index is 4.44. The quantitative estimate of drug-likeness (QED) is 0.873. The molecule has 0 saturated heterocycles. The fourth-order valence-electron chi connectivity index (χ4n) is 3.54. The molecule has 2 unspecified atom stereocenters. The van der Waals surface area contributed by atoms with Gasteiger partial charge in [0.15, 0.2) is 0 Å². The van der Waals surface area contributed by atoms with E-state index >= 15 is 0 Å². The molecule has 1 heterocycles. The van der Waals surface area contributed by atoms with Crippen LogP contribution in [0.1, 0.15) is 58.7 Å². The third-order valence-electron chi connectivity index (χ3n) is 4.00. The standard InChI is InChI=1S/C16H26N2/c1-12-9-14(11-16(3,4)10-12)18-13(2)15-7-5-6-8-17-15/h5-8,12-14,18H,9-11H2,1-4H3/t12?,13-,14?/m1/s1. The first-order valence-corrected chi connectivity index (χ1v) is 7.13. The van der Waals surface area contributed by atoms with Gasteiger partial charge < -0.3 is 5.32 Å². The highest BCUT2D eigenvalue weighted by Crippen LogP contribution is 2.39. The summed E-state index contributed by atoms with van der Waals surface area (Å²) in [5.74, 6) is 0.821. The van der Waals surface area contributed by atoms with Crippen molar-refractivity contribution in [1.29, 1.82) is 0 Å². The summed E-state index contributed by atoms with van der Waals surface area (Å²) >= 11 is 0. The molecule has 2 nitrogen and oxygen atoms in total. The molecule has 1 N–H and O–H groups in total. The number of nitrogens with one attached hydrogen (secondary N) is 1. The van der Waals surface area contributed by atoms with Gasteiger partial charge in [-0.2, -0.15) is 0 Å². The van der Waals surface area contributed by atoms with E-state index in [1.54, 1.807) is 0 Å². The van der Waals surface area contributed by atoms with E-state index in [2.05, 4.69) is 50.1 Å². The predicted molar refractivity (Wildman–Crippen MR) is 76.4 cm³/mol. The lowest BCUT2D eigenvalue weighted by atomic mass is 9.70. The van der Waals surface area contributed by atoms with E-state index in [-0.39, 0.29) is 0 Å². The van der Waals surface area contributed by atoms with Crippen molar-refractivity contribution < 1.29 is 0 Å². The molecule has 0 amide bonds. The van der Waals surface area contributed by atoms with Gasteiger partial charge in [0.25, 0.3) is 0 Å². The molecular formula is C16H26N2. The topological polar surface area (TPSA) is 24.9 Å². The molecule has 1 aromatic heterocycles. The molecule has 18 heavy (non-hydrogen) atoms. The van der Waals surface area contributed by atoms with E-state index in [4.69, 9.17) is 0 Å². The highest BCUT2D eigenvalue weighted by atomic mass is 15.0. The van der Waals surface area contributed by atoms with Gasteiger partial charge in [0, 0.05) is 18.3 Å². The second-order valence-electron chi connectivity index (χ2n) is 6.75. The molecule has 1 fully saturated rings. The smallest absolute Gasteiger partial charge is 0.0570 e. The third kappa shape index (κ3) is 3.55. The SMILES string of the molecule is CC1CC(N[C@H](C)c2ccccn2)CC(C)(C)C1. The van der Waals surface area contributed by atoms with E-state index in [0.29, 0.717) is 17.5 Å². The molecule has 1 aliphatic rings. The molecule has 0 radical (unpaired) electrons. The summed E-state index contributed by atoms with van der Waals surface area (Å²) in [6.45, 7) is 9.38. The molecule has 1 aliphatic carbocycles. The summed E-state index contributed by atoms with van der Waals surface area (Å²) in [7, 11) is 0. The fourth-order valence-corrected chi connectivity index (χ4v) is 3.54. The normalized spacial score (nSPS) is 28.9. The molecule has 1 saturated carbocycles. The van der Waals surface area contributed by atoms with E-state index in [0.717, 1.165) is 11.6 Å². The van der Waals surface area contributed by atoms with Crippen LogP contribution in [-0.2, 0) is 0 Å². The first-order chi connectivity index (χ1) is 8.46. The van der Waals surface area contributed by atoms with Crippen molar-refractivity contribution in [2.45, 2.75) is 59.0 Å². The van der Waals surface area contributed by atoms with Gasteiger partial charge in [0.05, 0.1) is 5.69 Å². The molecule has 0 aromatic carbocycles. The van der Waals surface area contributed by atoms with Crippen molar-refractivity contribution in [3.05, 3.63) is 30.1 Å². The molecule has 100 valence electrons. The molecule has 0 aliphatic heterocycles. The number of nitrogens with zero attached hydrogens (tertiary/aromatic N) is 1. The predicted octanol–water partition coefficient (Wildman–Crippen LogP) is 3.95. The Morgan fingerprint density at radius 3 is 2.72 bits per heavy atom. The van der Waals surface area contributed by atoms with Crippen LogP contribution in [0.15, 0.2) is 24.4 Å². The summed E-state index contributed by atoms with van der Waals surface area (Å²) < 4.78 is 0. The van der Waals surface area contributed by atoms with Gasteiger partial charge in [-0.25, -0.2) is 0 Å². The van der Waals surface area contributed by atoms with Crippen LogP contribution < -0.4 is 5.32 Å². The Kier molecular flexibility index (Phi) is 4.06. The van der Waals surface area contributed by atoms with Crippen molar-refractivity contribution in [1.82, 2.24) is 10.3 Å². The summed E-state index contributed by atoms with van der Waals surface area (Å²) in [6.07, 6.45) is 5.79. The van der Waals surface area contributed by atoms with E-state index < -0.39 is 0 Å². The summed E-state index contributed by atoms with van der Waals surface area (Å²) in [5, 5.41) is 3.76. The zero-order valence-electron chi connectivity index (χ0n) is 12.1. The van der Waals surface area contributed by atoms with Gasteiger partial charge in [-0.3, -0.25) is 4.98 Å². The fraction of sp³-hybridized carbons (Fsp3) is 0.688. The number of rotatable bonds is 3. The van der Waals surface area contributed by atoms with Gasteiger partial charge in [-0.05, 0) is 49.7 Å². The maximum Gasteiger partial charge on any atom is 0.0570 e. The summed E-state index contributed by atoms with van der Waals surface area (Å²) in [5.41, 5.74) is 1.62. The van der Waals surface area contributed by atoms with Crippen LogP contribution in [0.2, 0.25) is 0 Å². The van der Waals surface area contributed by atoms with Crippen LogP contribution in [0.25, 0.3) is 0 Å². The molecule has 3 atom stereocenters. The van der Waals surface area contributed by atoms with Crippen LogP contribution >= 0.6 is 0 Å². The maximum atomic E-state index is 4.44. The van der Waals surface area contributed by atoms with Crippen molar-refractivity contribution in [3.63, 3.8) is 0 Å². The van der Waals surface area contributed by atoms with E-state index in [1.807, 2.05) is 12.3 Å². The number of pyridine rings is 1. The van der Waals surface area contributed by atoms with Crippen molar-refractivity contribution in [2.24, 2.45) is 11.3 Å². The first-order valence-electron chi connectivity index (χ1n) is 7.13. The summed E-state index contributed by atoms with van der Waals surface area (Å²) in [6, 6.07) is 7.11. The van der Waals surface area contributed by atoms with E-state index in [1.165, 1.54) is 19.3 Å². The van der Waals surface area contributed by atoms with Gasteiger partial charge in [0.1, 0.15) is 0 Å². The summed E-state index contributed by atoms with van der Waals surface area (Å²) in [4.78, 5) is 4.44. The second kappa shape index (κ2) is 5.40. The van der Waals surface area contributed by atoms with Gasteiger partial charge in [-0.15, -0.1) is 0 Å². The average Bonchev–Trinajstić information content (AvgIpc) is 2.27. The van der Waals surface area contributed by atoms with Crippen LogP contribution in [0.5, 0.6) is 0 Å². The van der Waals surface area contributed by atoms with Gasteiger partial charge in [0.2, 0.25) is 0 Å². The zero-order valence-corrected chi connectivity index (χ0v) is 12.1. The minimum absolute atomic E-state index is 0.345. The molecule has 2 heteroatoms. The Hall–Kier alpha value is -0.890. The lowest BCUT2D eigenvalue weighted by molar-refractivity contribution is 0.145. The van der Waals surface area contributed by atoms with E-state index in [9.17, 15) is 0 Å². The zero-order chi connectivity index (χ0) is 13.2. The van der Waals surface area contributed by atoms with Gasteiger partial charge in [-0.1, -0.05) is 26.8 Å². The van der Waals surface area contributed by atoms with Crippen LogP contribution in [0, 0.1) is 11.3 Å². The highest BCUT2D eigenvalue weighted by molar-refractivity contribution is 5.08. The number of hydrogen-bond donors (Lipinski definition) is 1. The van der Waals surface area contributed by atoms with Crippen LogP contribution in [0.3, 0.4) is 0 Å². The lowest BCUT2D eigenvalue weighted by Gasteiger charge is -2.40. The Labute approximate surface area is 111 Å². The Bertz CT molecular complexity index is 372. The molecule has 2 rings (SSSR count). The minimum atomic E-state index is 0.345. The van der Waals surface area contributed by atoms with Crippen LogP contribution in [0.4, 0.5) is 0 Å². The molecule has 0 bridgehead atoms. The third-order valence-corrected chi connectivity index (χ3v) is 4.00. The van der Waals surface area contributed by atoms with Crippen LogP contribution in [-0.4, -0.2) is 11.0 Å². The Morgan fingerprint density at radius 2 is 2.11 bits per heavy atom. The Morgan fingerprint density at radius 1 is 1.33 bits per heavy atom. The Balaban J connectivity index is 1.97. The minimum Gasteiger partial charge on any atom is -0.306 e. The second-order valence-corrected chi connectivity index (χ2v) is 6.75. The monoisotopic (exact) mass is 246 g/mol. The van der Waals surface area contributed by atoms with Crippen molar-refractivity contribution in [3.8, 4) is 0 Å². The average molecular weight is 246 g/mol. The lowest BCUT2D eigenvalue weighted by Crippen LogP contribution is -2.41. The van der Waals surface area contributed by atoms with Gasteiger partial charge >= 0.3 is 0 Å². The molecule has 1 aromatic rings. The highest BCUT2D eigenvalue weighted by Gasteiger charge is 2.32. The number of aromatic nitrogens is 1. The number of hydrogen-bond acceptors (Lipinski definition) is 2. The van der Waals surface area contributed by atoms with Crippen molar-refractivity contribution >= 4 is 0 Å². The largest absolute Gasteiger partial charge is 0.306 e. The molecule has 0 spiro atoms.